The van der Waals surface area contributed by atoms with Crippen LogP contribution >= 0.6 is 27.7 Å². The SMILES string of the molecule is FC(F)(F)SCCNc1nc2ccc(Br)cn2n1. The van der Waals surface area contributed by atoms with Crippen molar-refractivity contribution in [2.75, 3.05) is 17.6 Å². The molecule has 2 rings (SSSR count). The van der Waals surface area contributed by atoms with Crippen molar-refractivity contribution < 1.29 is 13.2 Å². The van der Waals surface area contributed by atoms with Crippen molar-refractivity contribution in [3.63, 3.8) is 0 Å². The van der Waals surface area contributed by atoms with Crippen LogP contribution in [0.5, 0.6) is 0 Å². The zero-order chi connectivity index (χ0) is 13.2. The summed E-state index contributed by atoms with van der Waals surface area (Å²) in [6.45, 7) is 0.155. The van der Waals surface area contributed by atoms with E-state index in [-0.39, 0.29) is 24.1 Å². The molecule has 0 saturated carbocycles. The van der Waals surface area contributed by atoms with Gasteiger partial charge in [0.05, 0.1) is 0 Å². The molecule has 0 spiro atoms. The van der Waals surface area contributed by atoms with Crippen LogP contribution in [0.2, 0.25) is 0 Å². The van der Waals surface area contributed by atoms with Crippen LogP contribution in [0.3, 0.4) is 0 Å². The number of thioether (sulfide) groups is 1. The number of hydrogen-bond acceptors (Lipinski definition) is 4. The summed E-state index contributed by atoms with van der Waals surface area (Å²) in [4.78, 5) is 4.12. The van der Waals surface area contributed by atoms with Crippen LogP contribution in [-0.4, -0.2) is 32.4 Å². The molecule has 0 unspecified atom stereocenters. The molecule has 0 amide bonds. The summed E-state index contributed by atoms with van der Waals surface area (Å²) in [5.74, 6) is 0.235. The fourth-order valence-electron chi connectivity index (χ4n) is 1.26. The van der Waals surface area contributed by atoms with Crippen molar-refractivity contribution in [1.29, 1.82) is 0 Å². The summed E-state index contributed by atoms with van der Waals surface area (Å²) in [6, 6.07) is 3.57. The van der Waals surface area contributed by atoms with Gasteiger partial charge in [-0.25, -0.2) is 4.52 Å². The molecule has 0 bridgehead atoms. The van der Waals surface area contributed by atoms with Gasteiger partial charge >= 0.3 is 5.51 Å². The Morgan fingerprint density at radius 3 is 2.89 bits per heavy atom. The van der Waals surface area contributed by atoms with Crippen LogP contribution in [0.4, 0.5) is 19.1 Å². The number of anilines is 1. The van der Waals surface area contributed by atoms with E-state index in [4.69, 9.17) is 0 Å². The quantitative estimate of drug-likeness (QED) is 0.868. The molecule has 4 nitrogen and oxygen atoms in total. The van der Waals surface area contributed by atoms with Crippen molar-refractivity contribution in [3.8, 4) is 0 Å². The molecule has 2 aromatic heterocycles. The predicted octanol–water partition coefficient (Wildman–Crippen LogP) is 3.16. The first-order valence-electron chi connectivity index (χ1n) is 4.90. The number of pyridine rings is 1. The van der Waals surface area contributed by atoms with Crippen molar-refractivity contribution in [2.45, 2.75) is 5.51 Å². The maximum absolute atomic E-state index is 11.9. The molecule has 0 aromatic carbocycles. The highest BCUT2D eigenvalue weighted by Gasteiger charge is 2.27. The molecule has 18 heavy (non-hydrogen) atoms. The number of fused-ring (bicyclic) bond motifs is 1. The van der Waals surface area contributed by atoms with Gasteiger partial charge in [-0.2, -0.15) is 18.2 Å². The number of hydrogen-bond donors (Lipinski definition) is 1. The Balaban J connectivity index is 1.92. The van der Waals surface area contributed by atoms with Crippen LogP contribution in [0.25, 0.3) is 5.65 Å². The fraction of sp³-hybridized carbons (Fsp3) is 0.333. The molecule has 98 valence electrons. The Labute approximate surface area is 113 Å². The van der Waals surface area contributed by atoms with Gasteiger partial charge in [0.2, 0.25) is 5.95 Å². The summed E-state index contributed by atoms with van der Waals surface area (Å²) >= 11 is 3.22. The van der Waals surface area contributed by atoms with E-state index in [1.165, 1.54) is 0 Å². The smallest absolute Gasteiger partial charge is 0.352 e. The molecule has 0 aliphatic carbocycles. The molecule has 0 fully saturated rings. The molecule has 0 radical (unpaired) electrons. The second kappa shape index (κ2) is 5.35. The number of nitrogens with one attached hydrogen (secondary N) is 1. The van der Waals surface area contributed by atoms with E-state index in [2.05, 4.69) is 31.3 Å². The Morgan fingerprint density at radius 1 is 1.39 bits per heavy atom. The third kappa shape index (κ3) is 3.77. The first-order chi connectivity index (χ1) is 8.44. The highest BCUT2D eigenvalue weighted by atomic mass is 79.9. The van der Waals surface area contributed by atoms with Crippen molar-refractivity contribution >= 4 is 39.3 Å². The molecule has 9 heteroatoms. The van der Waals surface area contributed by atoms with Gasteiger partial charge in [-0.15, -0.1) is 5.10 Å². The summed E-state index contributed by atoms with van der Waals surface area (Å²) in [7, 11) is 0. The zero-order valence-electron chi connectivity index (χ0n) is 8.91. The predicted molar refractivity (Wildman–Crippen MR) is 67.7 cm³/mol. The second-order valence-corrected chi connectivity index (χ2v) is 5.38. The van der Waals surface area contributed by atoms with Crippen molar-refractivity contribution in [2.24, 2.45) is 0 Å². The van der Waals surface area contributed by atoms with E-state index in [9.17, 15) is 13.2 Å². The summed E-state index contributed by atoms with van der Waals surface area (Å²) in [5.41, 5.74) is -3.57. The standard InChI is InChI=1S/C9H8BrF3N4S/c10-6-1-2-7-15-8(16-17(7)5-6)14-3-4-18-9(11,12)13/h1-2,5H,3-4H2,(H,14,16). The molecular weight excluding hydrogens is 333 g/mol. The third-order valence-electron chi connectivity index (χ3n) is 1.95. The van der Waals surface area contributed by atoms with E-state index in [1.807, 2.05) is 6.07 Å². The lowest BCUT2D eigenvalue weighted by Gasteiger charge is -2.04. The molecule has 1 N–H and O–H groups in total. The van der Waals surface area contributed by atoms with Gasteiger partial charge in [-0.1, -0.05) is 0 Å². The van der Waals surface area contributed by atoms with E-state index in [0.717, 1.165) is 4.47 Å². The lowest BCUT2D eigenvalue weighted by molar-refractivity contribution is -0.0327. The van der Waals surface area contributed by atoms with Gasteiger partial charge in [0, 0.05) is 23.0 Å². The van der Waals surface area contributed by atoms with E-state index in [1.54, 1.807) is 16.8 Å². The molecular formula is C9H8BrF3N4S. The number of nitrogens with zero attached hydrogens (tertiary/aromatic N) is 3. The Hall–Kier alpha value is -0.960. The number of aromatic nitrogens is 3. The minimum Gasteiger partial charge on any atom is -0.352 e. The van der Waals surface area contributed by atoms with Crippen molar-refractivity contribution in [1.82, 2.24) is 14.6 Å². The molecule has 0 aliphatic heterocycles. The fourth-order valence-corrected chi connectivity index (χ4v) is 2.02. The van der Waals surface area contributed by atoms with Gasteiger partial charge in [0.1, 0.15) is 0 Å². The maximum Gasteiger partial charge on any atom is 0.441 e. The number of rotatable bonds is 4. The van der Waals surface area contributed by atoms with Gasteiger partial charge in [0.15, 0.2) is 5.65 Å². The Bertz CT molecular complexity index is 542. The van der Waals surface area contributed by atoms with Crippen LogP contribution < -0.4 is 5.32 Å². The zero-order valence-corrected chi connectivity index (χ0v) is 11.3. The Morgan fingerprint density at radius 2 is 2.17 bits per heavy atom. The largest absolute Gasteiger partial charge is 0.441 e. The molecule has 0 aliphatic rings. The van der Waals surface area contributed by atoms with Crippen LogP contribution in [0.1, 0.15) is 0 Å². The lowest BCUT2D eigenvalue weighted by Crippen LogP contribution is -2.10. The van der Waals surface area contributed by atoms with Crippen molar-refractivity contribution in [3.05, 3.63) is 22.8 Å². The monoisotopic (exact) mass is 340 g/mol. The van der Waals surface area contributed by atoms with Crippen LogP contribution in [-0.2, 0) is 0 Å². The number of halogens is 4. The lowest BCUT2D eigenvalue weighted by atomic mass is 10.5. The van der Waals surface area contributed by atoms with Gasteiger partial charge in [-0.05, 0) is 39.8 Å². The summed E-state index contributed by atoms with van der Waals surface area (Å²) in [6.07, 6.45) is 1.72. The maximum atomic E-state index is 11.9. The summed E-state index contributed by atoms with van der Waals surface area (Å²) < 4.78 is 38.1. The average molecular weight is 341 g/mol. The van der Waals surface area contributed by atoms with Gasteiger partial charge < -0.3 is 5.32 Å². The normalized spacial score (nSPS) is 12.0. The molecule has 2 heterocycles. The third-order valence-corrected chi connectivity index (χ3v) is 3.15. The van der Waals surface area contributed by atoms with E-state index in [0.29, 0.717) is 11.6 Å². The minimum absolute atomic E-state index is 0.0702. The van der Waals surface area contributed by atoms with E-state index >= 15 is 0 Å². The highest BCUT2D eigenvalue weighted by Crippen LogP contribution is 2.29. The molecule has 0 atom stereocenters. The number of alkyl halides is 3. The summed E-state index contributed by atoms with van der Waals surface area (Å²) in [5, 5.41) is 6.83. The first kappa shape index (κ1) is 13.5. The second-order valence-electron chi connectivity index (χ2n) is 3.31. The Kier molecular flexibility index (Phi) is 4.00. The average Bonchev–Trinajstić information content (AvgIpc) is 2.65. The molecule has 2 aromatic rings. The molecule has 0 saturated heterocycles. The van der Waals surface area contributed by atoms with Gasteiger partial charge in [0.25, 0.3) is 0 Å². The topological polar surface area (TPSA) is 42.2 Å². The highest BCUT2D eigenvalue weighted by molar-refractivity contribution is 9.10. The first-order valence-corrected chi connectivity index (χ1v) is 6.68. The van der Waals surface area contributed by atoms with Crippen LogP contribution in [0.15, 0.2) is 22.8 Å². The van der Waals surface area contributed by atoms with E-state index < -0.39 is 5.51 Å². The van der Waals surface area contributed by atoms with Gasteiger partial charge in [-0.3, -0.25) is 0 Å². The minimum atomic E-state index is -4.20. The van der Waals surface area contributed by atoms with Crippen LogP contribution in [0, 0.1) is 0 Å².